The van der Waals surface area contributed by atoms with Crippen LogP contribution in [0.1, 0.15) is 83.8 Å². The SMILES string of the molecule is Cc1c(NC2CC(c3ccc(C(=O)N4CCC5(CC4)CCN(c4ccc(C6CCC(=O)NC6=O)cc4)CC5)cc3)CN(C)C2)cnn(C)c1=O. The van der Waals surface area contributed by atoms with Gasteiger partial charge in [-0.25, -0.2) is 4.68 Å². The van der Waals surface area contributed by atoms with Crippen LogP contribution in [0.2, 0.25) is 0 Å². The van der Waals surface area contributed by atoms with E-state index < -0.39 is 0 Å². The number of carbonyl (C=O) groups excluding carboxylic acids is 3. The Kier molecular flexibility index (Phi) is 9.52. The Morgan fingerprint density at radius 3 is 2.22 bits per heavy atom. The number of rotatable bonds is 6. The number of nitrogens with one attached hydrogen (secondary N) is 2. The van der Waals surface area contributed by atoms with Gasteiger partial charge in [0, 0.05) is 75.6 Å². The predicted molar refractivity (Wildman–Crippen MR) is 194 cm³/mol. The van der Waals surface area contributed by atoms with Crippen LogP contribution in [0.15, 0.2) is 59.5 Å². The Hall–Kier alpha value is -4.51. The lowest BCUT2D eigenvalue weighted by Crippen LogP contribution is -2.48. The second-order valence-corrected chi connectivity index (χ2v) is 15.1. The van der Waals surface area contributed by atoms with Crippen molar-refractivity contribution in [2.45, 2.75) is 69.7 Å². The van der Waals surface area contributed by atoms with Crippen molar-refractivity contribution in [1.29, 1.82) is 0 Å². The molecule has 3 atom stereocenters. The fourth-order valence-corrected chi connectivity index (χ4v) is 8.62. The van der Waals surface area contributed by atoms with E-state index in [1.54, 1.807) is 13.2 Å². The molecule has 3 unspecified atom stereocenters. The first-order valence-corrected chi connectivity index (χ1v) is 18.1. The van der Waals surface area contributed by atoms with Gasteiger partial charge >= 0.3 is 0 Å². The number of likely N-dealkylation sites (N-methyl/N-ethyl adjacent to an activating group) is 1. The van der Waals surface area contributed by atoms with Crippen molar-refractivity contribution in [3.05, 3.63) is 87.3 Å². The summed E-state index contributed by atoms with van der Waals surface area (Å²) in [6, 6.07) is 16.7. The Bertz CT molecular complexity index is 1790. The Morgan fingerprint density at radius 1 is 0.880 bits per heavy atom. The molecule has 4 saturated heterocycles. The number of aromatic nitrogens is 2. The summed E-state index contributed by atoms with van der Waals surface area (Å²) in [5.74, 6) is -0.199. The summed E-state index contributed by atoms with van der Waals surface area (Å²) < 4.78 is 1.36. The number of anilines is 2. The van der Waals surface area contributed by atoms with Crippen molar-refractivity contribution in [3.8, 4) is 0 Å². The fraction of sp³-hybridized carbons (Fsp3) is 0.513. The van der Waals surface area contributed by atoms with Crippen LogP contribution in [-0.4, -0.2) is 89.7 Å². The van der Waals surface area contributed by atoms with E-state index in [1.807, 2.05) is 36.1 Å². The van der Waals surface area contributed by atoms with Crippen LogP contribution in [0.25, 0.3) is 0 Å². The lowest BCUT2D eigenvalue weighted by Gasteiger charge is -2.47. The molecule has 264 valence electrons. The van der Waals surface area contributed by atoms with Crippen LogP contribution in [0.5, 0.6) is 0 Å². The molecule has 5 heterocycles. The predicted octanol–water partition coefficient (Wildman–Crippen LogP) is 4.03. The molecule has 1 aromatic heterocycles. The van der Waals surface area contributed by atoms with Gasteiger partial charge in [-0.05, 0) is 99.2 Å². The third-order valence-electron chi connectivity index (χ3n) is 11.8. The van der Waals surface area contributed by atoms with Crippen LogP contribution < -0.4 is 21.1 Å². The minimum Gasteiger partial charge on any atom is -0.379 e. The second-order valence-electron chi connectivity index (χ2n) is 15.1. The van der Waals surface area contributed by atoms with Crippen molar-refractivity contribution in [2.24, 2.45) is 12.5 Å². The zero-order chi connectivity index (χ0) is 35.0. The summed E-state index contributed by atoms with van der Waals surface area (Å²) in [5.41, 5.74) is 5.79. The average molecular weight is 680 g/mol. The lowest BCUT2D eigenvalue weighted by atomic mass is 9.71. The van der Waals surface area contributed by atoms with Crippen LogP contribution in [-0.2, 0) is 16.6 Å². The highest BCUT2D eigenvalue weighted by molar-refractivity contribution is 6.01. The summed E-state index contributed by atoms with van der Waals surface area (Å²) in [7, 11) is 3.80. The third kappa shape index (κ3) is 7.06. The molecule has 2 aromatic carbocycles. The third-order valence-corrected chi connectivity index (χ3v) is 11.8. The molecule has 4 aliphatic rings. The molecule has 2 N–H and O–H groups in total. The average Bonchev–Trinajstić information content (AvgIpc) is 3.12. The summed E-state index contributed by atoms with van der Waals surface area (Å²) in [6.45, 7) is 7.22. The Labute approximate surface area is 294 Å². The number of amides is 3. The number of carbonyl (C=O) groups is 3. The molecule has 0 aliphatic carbocycles. The van der Waals surface area contributed by atoms with E-state index >= 15 is 0 Å². The number of aryl methyl sites for hydroxylation is 1. The summed E-state index contributed by atoms with van der Waals surface area (Å²) >= 11 is 0. The van der Waals surface area contributed by atoms with Crippen LogP contribution >= 0.6 is 0 Å². The van der Waals surface area contributed by atoms with E-state index in [0.717, 1.165) is 88.2 Å². The molecule has 0 saturated carbocycles. The van der Waals surface area contributed by atoms with Gasteiger partial charge in [0.1, 0.15) is 0 Å². The Morgan fingerprint density at radius 2 is 1.54 bits per heavy atom. The van der Waals surface area contributed by atoms with Crippen LogP contribution in [0, 0.1) is 12.3 Å². The van der Waals surface area contributed by atoms with Crippen molar-refractivity contribution < 1.29 is 14.4 Å². The first-order chi connectivity index (χ1) is 24.1. The van der Waals surface area contributed by atoms with Gasteiger partial charge in [-0.1, -0.05) is 24.3 Å². The smallest absolute Gasteiger partial charge is 0.271 e. The van der Waals surface area contributed by atoms with Gasteiger partial charge in [-0.3, -0.25) is 24.5 Å². The van der Waals surface area contributed by atoms with Crippen molar-refractivity contribution in [3.63, 3.8) is 0 Å². The standard InChI is InChI=1S/C39H49N7O4/c1-26-34(23-40-44(3)37(26)49)41-31-22-30(24-43(2)25-31)27-4-6-29(7-5-27)38(50)46-20-16-39(17-21-46)14-18-45(19-15-39)32-10-8-28(9-11-32)33-12-13-35(47)42-36(33)48/h4-11,23,30-31,33,41H,12-22,24-25H2,1-3H3,(H,42,47,48). The lowest BCUT2D eigenvalue weighted by molar-refractivity contribution is -0.134. The molecule has 0 bridgehead atoms. The highest BCUT2D eigenvalue weighted by atomic mass is 16.2. The molecule has 11 heteroatoms. The maximum absolute atomic E-state index is 13.6. The van der Waals surface area contributed by atoms with E-state index in [0.29, 0.717) is 24.3 Å². The zero-order valence-electron chi connectivity index (χ0n) is 29.5. The first-order valence-electron chi connectivity index (χ1n) is 18.1. The van der Waals surface area contributed by atoms with Gasteiger partial charge in [0.25, 0.3) is 11.5 Å². The monoisotopic (exact) mass is 679 g/mol. The van der Waals surface area contributed by atoms with Gasteiger partial charge < -0.3 is 20.0 Å². The van der Waals surface area contributed by atoms with Crippen LogP contribution in [0.3, 0.4) is 0 Å². The van der Waals surface area contributed by atoms with Crippen molar-refractivity contribution >= 4 is 29.1 Å². The van der Waals surface area contributed by atoms with E-state index in [9.17, 15) is 19.2 Å². The molecular formula is C39H49N7O4. The van der Waals surface area contributed by atoms with E-state index in [2.05, 4.69) is 56.8 Å². The Balaban J connectivity index is 0.901. The number of nitrogens with zero attached hydrogens (tertiary/aromatic N) is 5. The van der Waals surface area contributed by atoms with E-state index in [-0.39, 0.29) is 40.7 Å². The van der Waals surface area contributed by atoms with Crippen LogP contribution in [0.4, 0.5) is 11.4 Å². The molecular weight excluding hydrogens is 630 g/mol. The number of hydrogen-bond acceptors (Lipinski definition) is 8. The molecule has 0 radical (unpaired) electrons. The number of likely N-dealkylation sites (tertiary alicyclic amines) is 2. The molecule has 3 aromatic rings. The number of piperidine rings is 4. The van der Waals surface area contributed by atoms with Gasteiger partial charge in [-0.15, -0.1) is 0 Å². The molecule has 3 amide bonds. The molecule has 11 nitrogen and oxygen atoms in total. The highest BCUT2D eigenvalue weighted by Crippen LogP contribution is 2.42. The van der Waals surface area contributed by atoms with E-state index in [4.69, 9.17) is 0 Å². The largest absolute Gasteiger partial charge is 0.379 e. The van der Waals surface area contributed by atoms with Gasteiger partial charge in [0.05, 0.1) is 17.8 Å². The zero-order valence-corrected chi connectivity index (χ0v) is 29.5. The summed E-state index contributed by atoms with van der Waals surface area (Å²) in [5, 5.41) is 10.2. The normalized spacial score (nSPS) is 24.3. The molecule has 7 rings (SSSR count). The molecule has 4 aliphatic heterocycles. The number of hydrogen-bond donors (Lipinski definition) is 2. The fourth-order valence-electron chi connectivity index (χ4n) is 8.62. The molecule has 4 fully saturated rings. The second kappa shape index (κ2) is 14.0. The maximum atomic E-state index is 13.6. The molecule has 1 spiro atoms. The van der Waals surface area contributed by atoms with E-state index in [1.165, 1.54) is 15.9 Å². The molecule has 50 heavy (non-hydrogen) atoms. The topological polar surface area (TPSA) is 120 Å². The maximum Gasteiger partial charge on any atom is 0.271 e. The number of imide groups is 1. The summed E-state index contributed by atoms with van der Waals surface area (Å²) in [4.78, 5) is 56.6. The first kappa shape index (κ1) is 34.0. The van der Waals surface area contributed by atoms with Crippen molar-refractivity contribution in [1.82, 2.24) is 24.9 Å². The minimum atomic E-state index is -0.256. The quantitative estimate of drug-likeness (QED) is 0.375. The summed E-state index contributed by atoms with van der Waals surface area (Å²) in [6.07, 6.45) is 7.92. The van der Waals surface area contributed by atoms with Gasteiger partial charge in [-0.2, -0.15) is 5.10 Å². The number of benzene rings is 2. The van der Waals surface area contributed by atoms with Gasteiger partial charge in [0.2, 0.25) is 11.8 Å². The van der Waals surface area contributed by atoms with Gasteiger partial charge in [0.15, 0.2) is 0 Å². The van der Waals surface area contributed by atoms with Crippen molar-refractivity contribution in [2.75, 3.05) is 56.5 Å². The highest BCUT2D eigenvalue weighted by Gasteiger charge is 2.39. The minimum absolute atomic E-state index is 0.0852.